The Hall–Kier alpha value is -1.67. The maximum absolute atomic E-state index is 12.2. The van der Waals surface area contributed by atoms with Crippen LogP contribution < -0.4 is 0 Å². The molecule has 1 N–H and O–H groups in total. The molecule has 0 unspecified atom stereocenters. The van der Waals surface area contributed by atoms with Gasteiger partial charge in [-0.05, 0) is 12.8 Å². The molecule has 0 aromatic carbocycles. The molecular weight excluding hydrogens is 450 g/mol. The molecule has 0 saturated heterocycles. The van der Waals surface area contributed by atoms with E-state index in [1.165, 1.54) is 25.7 Å². The van der Waals surface area contributed by atoms with Crippen LogP contribution in [0.4, 0.5) is 0 Å². The van der Waals surface area contributed by atoms with Crippen molar-refractivity contribution in [3.05, 3.63) is 0 Å². The smallest absolute Gasteiger partial charge is 0.362 e. The minimum atomic E-state index is -0.879. The monoisotopic (exact) mass is 502 g/mol. The van der Waals surface area contributed by atoms with Gasteiger partial charge in [-0.15, -0.1) is 0 Å². The maximum atomic E-state index is 12.2. The summed E-state index contributed by atoms with van der Waals surface area (Å²) in [5.74, 6) is -1.50. The molecule has 0 aromatic heterocycles. The summed E-state index contributed by atoms with van der Waals surface area (Å²) in [6.45, 7) is 4.53. The molecule has 0 rings (SSSR count). The van der Waals surface area contributed by atoms with E-state index in [4.69, 9.17) is 14.2 Å². The Morgan fingerprint density at radius 1 is 0.743 bits per heavy atom. The number of carbonyl (C=O) groups is 3. The second-order valence-corrected chi connectivity index (χ2v) is 10.3. The number of esters is 2. The van der Waals surface area contributed by atoms with Crippen LogP contribution in [0.25, 0.3) is 0 Å². The van der Waals surface area contributed by atoms with Crippen molar-refractivity contribution >= 4 is 17.9 Å². The van der Waals surface area contributed by atoms with Crippen molar-refractivity contribution < 1.29 is 38.2 Å². The van der Waals surface area contributed by atoms with Gasteiger partial charge in [0.25, 0.3) is 0 Å². The first-order chi connectivity index (χ1) is 16.6. The highest BCUT2D eigenvalue weighted by atomic mass is 16.6. The fourth-order valence-electron chi connectivity index (χ4n) is 3.79. The van der Waals surface area contributed by atoms with Crippen molar-refractivity contribution in [1.29, 1.82) is 0 Å². The van der Waals surface area contributed by atoms with Gasteiger partial charge in [-0.1, -0.05) is 71.6 Å². The molecule has 8 heteroatoms. The first kappa shape index (κ1) is 33.3. The zero-order valence-corrected chi connectivity index (χ0v) is 23.0. The van der Waals surface area contributed by atoms with E-state index in [1.54, 1.807) is 0 Å². The third-order valence-electron chi connectivity index (χ3n) is 6.01. The second kappa shape index (κ2) is 20.5. The Bertz CT molecular complexity index is 574. The molecule has 0 bridgehead atoms. The number of hydrogen-bond acceptors (Lipinski definition) is 6. The Balaban J connectivity index is 4.51. The first-order valence-electron chi connectivity index (χ1n) is 13.6. The predicted octanol–water partition coefficient (Wildman–Crippen LogP) is 5.12. The number of nitrogens with zero attached hydrogens (tertiary/aromatic N) is 1. The normalized spacial score (nSPS) is 13.3. The SMILES string of the molecule is CCCCCCCCCC(=O)OC[C@H](COCC[C@H](C(=O)O)[N+](C)(C)C)OC(=O)CCCCCC. The summed E-state index contributed by atoms with van der Waals surface area (Å²) in [4.78, 5) is 35.9. The van der Waals surface area contributed by atoms with Crippen molar-refractivity contribution in [1.82, 2.24) is 0 Å². The first-order valence-corrected chi connectivity index (χ1v) is 13.6. The fraction of sp³-hybridized carbons (Fsp3) is 0.889. The minimum Gasteiger partial charge on any atom is -0.477 e. The number of carboxylic acids is 1. The van der Waals surface area contributed by atoms with E-state index in [0.717, 1.165) is 44.9 Å². The molecule has 0 radical (unpaired) electrons. The average molecular weight is 503 g/mol. The lowest BCUT2D eigenvalue weighted by Crippen LogP contribution is -2.50. The molecule has 0 saturated carbocycles. The van der Waals surface area contributed by atoms with Crippen LogP contribution in [-0.4, -0.2) is 80.6 Å². The number of rotatable bonds is 23. The minimum absolute atomic E-state index is 0.0479. The highest BCUT2D eigenvalue weighted by molar-refractivity contribution is 5.72. The van der Waals surface area contributed by atoms with Gasteiger partial charge in [0.1, 0.15) is 6.61 Å². The van der Waals surface area contributed by atoms with E-state index in [0.29, 0.717) is 19.3 Å². The number of quaternary nitrogens is 1. The summed E-state index contributed by atoms with van der Waals surface area (Å²) in [5.41, 5.74) is 0. The van der Waals surface area contributed by atoms with Gasteiger partial charge < -0.3 is 23.8 Å². The van der Waals surface area contributed by atoms with E-state index in [-0.39, 0.29) is 36.2 Å². The van der Waals surface area contributed by atoms with Crippen molar-refractivity contribution in [3.63, 3.8) is 0 Å². The molecule has 2 atom stereocenters. The van der Waals surface area contributed by atoms with Gasteiger partial charge in [-0.3, -0.25) is 9.59 Å². The van der Waals surface area contributed by atoms with Gasteiger partial charge in [0, 0.05) is 19.3 Å². The molecule has 0 aromatic rings. The zero-order chi connectivity index (χ0) is 26.5. The molecule has 0 aliphatic rings. The molecule has 8 nitrogen and oxygen atoms in total. The average Bonchev–Trinajstić information content (AvgIpc) is 2.78. The Morgan fingerprint density at radius 2 is 1.26 bits per heavy atom. The van der Waals surface area contributed by atoms with E-state index < -0.39 is 18.1 Å². The topological polar surface area (TPSA) is 99.1 Å². The van der Waals surface area contributed by atoms with Crippen molar-refractivity contribution in [2.24, 2.45) is 0 Å². The number of likely N-dealkylation sites (N-methyl/N-ethyl adjacent to an activating group) is 1. The Labute approximate surface area is 213 Å². The van der Waals surface area contributed by atoms with Crippen LogP contribution in [0.1, 0.15) is 104 Å². The van der Waals surface area contributed by atoms with Gasteiger partial charge in [0.15, 0.2) is 12.1 Å². The molecule has 206 valence electrons. The molecule has 0 heterocycles. The lowest BCUT2D eigenvalue weighted by Gasteiger charge is -2.31. The van der Waals surface area contributed by atoms with Gasteiger partial charge >= 0.3 is 17.9 Å². The highest BCUT2D eigenvalue weighted by Crippen LogP contribution is 2.11. The predicted molar refractivity (Wildman–Crippen MR) is 137 cm³/mol. The van der Waals surface area contributed by atoms with Crippen LogP contribution in [0.3, 0.4) is 0 Å². The zero-order valence-electron chi connectivity index (χ0n) is 23.0. The molecule has 0 fully saturated rings. The maximum Gasteiger partial charge on any atom is 0.362 e. The fourth-order valence-corrected chi connectivity index (χ4v) is 3.79. The van der Waals surface area contributed by atoms with Crippen molar-refractivity contribution in [3.8, 4) is 0 Å². The molecule has 0 spiro atoms. The highest BCUT2D eigenvalue weighted by Gasteiger charge is 2.31. The summed E-state index contributed by atoms with van der Waals surface area (Å²) in [7, 11) is 5.48. The Kier molecular flexibility index (Phi) is 19.5. The molecule has 35 heavy (non-hydrogen) atoms. The summed E-state index contributed by atoms with van der Waals surface area (Å²) in [6, 6.07) is -0.602. The van der Waals surface area contributed by atoms with Gasteiger partial charge in [0.2, 0.25) is 0 Å². The van der Waals surface area contributed by atoms with Crippen LogP contribution in [0.5, 0.6) is 0 Å². The number of carbonyl (C=O) groups excluding carboxylic acids is 2. The van der Waals surface area contributed by atoms with E-state index >= 15 is 0 Å². The number of ether oxygens (including phenoxy) is 3. The van der Waals surface area contributed by atoms with Gasteiger partial charge in [0.05, 0.1) is 34.4 Å². The van der Waals surface area contributed by atoms with Crippen molar-refractivity contribution in [2.45, 2.75) is 116 Å². The van der Waals surface area contributed by atoms with Gasteiger partial charge in [-0.25, -0.2) is 4.79 Å². The molecule has 0 aliphatic carbocycles. The van der Waals surface area contributed by atoms with Crippen LogP contribution >= 0.6 is 0 Å². The number of carboxylic acid groups (broad SMARTS) is 1. The number of unbranched alkanes of at least 4 members (excludes halogenated alkanes) is 9. The van der Waals surface area contributed by atoms with Gasteiger partial charge in [-0.2, -0.15) is 0 Å². The summed E-state index contributed by atoms with van der Waals surface area (Å²) >= 11 is 0. The molecular formula is C27H52NO7+. The summed E-state index contributed by atoms with van der Waals surface area (Å²) in [6.07, 6.45) is 12.1. The summed E-state index contributed by atoms with van der Waals surface area (Å²) < 4.78 is 16.8. The van der Waals surface area contributed by atoms with E-state index in [1.807, 2.05) is 21.1 Å². The van der Waals surface area contributed by atoms with Crippen LogP contribution in [0.15, 0.2) is 0 Å². The number of aliphatic carboxylic acids is 1. The van der Waals surface area contributed by atoms with E-state index in [2.05, 4.69) is 13.8 Å². The second-order valence-electron chi connectivity index (χ2n) is 10.3. The summed E-state index contributed by atoms with van der Waals surface area (Å²) in [5, 5.41) is 9.45. The quantitative estimate of drug-likeness (QED) is 0.118. The van der Waals surface area contributed by atoms with Crippen LogP contribution in [0, 0.1) is 0 Å². The van der Waals surface area contributed by atoms with Crippen molar-refractivity contribution in [2.75, 3.05) is 41.0 Å². The standard InChI is InChI=1S/C27H51NO7/c1-6-8-10-12-13-14-16-17-25(29)34-22-23(35-26(30)18-15-11-9-7-2)21-33-20-19-24(27(31)32)28(3,4)5/h23-24H,6-22H2,1-5H3/p+1/t23-,24+/m0/s1. The third kappa shape index (κ3) is 19.2. The van der Waals surface area contributed by atoms with E-state index in [9.17, 15) is 19.5 Å². The lowest BCUT2D eigenvalue weighted by molar-refractivity contribution is -0.887. The molecule has 0 aliphatic heterocycles. The lowest BCUT2D eigenvalue weighted by atomic mass is 10.1. The van der Waals surface area contributed by atoms with Crippen LogP contribution in [-0.2, 0) is 28.6 Å². The third-order valence-corrected chi connectivity index (χ3v) is 6.01. The molecule has 0 amide bonds. The number of hydrogen-bond donors (Lipinski definition) is 1. The Morgan fingerprint density at radius 3 is 1.80 bits per heavy atom. The van der Waals surface area contributed by atoms with Crippen LogP contribution in [0.2, 0.25) is 0 Å². The largest absolute Gasteiger partial charge is 0.477 e.